The van der Waals surface area contributed by atoms with Gasteiger partial charge in [0.2, 0.25) is 0 Å². The minimum atomic E-state index is -3.00. The summed E-state index contributed by atoms with van der Waals surface area (Å²) >= 11 is 0. The molecule has 1 aliphatic heterocycles. The molecule has 0 atom stereocenters. The summed E-state index contributed by atoms with van der Waals surface area (Å²) in [5, 5.41) is 8.95. The number of anilines is 1. The van der Waals surface area contributed by atoms with Gasteiger partial charge in [0, 0.05) is 25.0 Å². The normalized spacial score (nSPS) is 14.6. The highest BCUT2D eigenvalue weighted by Crippen LogP contribution is 2.28. The SMILES string of the molecule is CS(=O)(=O)CCN1CCc2ccc(C(=O)O)cc21. The number of benzene rings is 1. The van der Waals surface area contributed by atoms with Crippen molar-refractivity contribution < 1.29 is 18.3 Å². The molecule has 6 heteroatoms. The first-order chi connectivity index (χ1) is 8.37. The maximum atomic E-state index is 11.2. The van der Waals surface area contributed by atoms with Crippen molar-refractivity contribution in [2.75, 3.05) is 30.0 Å². The van der Waals surface area contributed by atoms with Crippen LogP contribution in [0.2, 0.25) is 0 Å². The van der Waals surface area contributed by atoms with Gasteiger partial charge >= 0.3 is 5.97 Å². The van der Waals surface area contributed by atoms with E-state index in [1.54, 1.807) is 18.2 Å². The van der Waals surface area contributed by atoms with Crippen LogP contribution in [-0.2, 0) is 16.3 Å². The number of hydrogen-bond donors (Lipinski definition) is 1. The maximum absolute atomic E-state index is 11.2. The molecule has 5 nitrogen and oxygen atoms in total. The Morgan fingerprint density at radius 1 is 1.44 bits per heavy atom. The van der Waals surface area contributed by atoms with Crippen molar-refractivity contribution in [3.63, 3.8) is 0 Å². The van der Waals surface area contributed by atoms with Gasteiger partial charge < -0.3 is 10.0 Å². The lowest BCUT2D eigenvalue weighted by Crippen LogP contribution is -2.27. The monoisotopic (exact) mass is 269 g/mol. The van der Waals surface area contributed by atoms with Gasteiger partial charge in [-0.25, -0.2) is 13.2 Å². The molecular weight excluding hydrogens is 254 g/mol. The zero-order valence-electron chi connectivity index (χ0n) is 10.1. The summed E-state index contributed by atoms with van der Waals surface area (Å²) in [7, 11) is -3.00. The van der Waals surface area contributed by atoms with Gasteiger partial charge in [-0.3, -0.25) is 0 Å². The Kier molecular flexibility index (Phi) is 3.30. The number of nitrogens with zero attached hydrogens (tertiary/aromatic N) is 1. The summed E-state index contributed by atoms with van der Waals surface area (Å²) in [6.45, 7) is 1.16. The van der Waals surface area contributed by atoms with E-state index in [2.05, 4.69) is 0 Å². The number of carbonyl (C=O) groups is 1. The summed E-state index contributed by atoms with van der Waals surface area (Å²) in [5.41, 5.74) is 2.16. The van der Waals surface area contributed by atoms with Gasteiger partial charge in [-0.1, -0.05) is 6.07 Å². The number of rotatable bonds is 4. The number of carboxylic acids is 1. The Morgan fingerprint density at radius 2 is 2.17 bits per heavy atom. The second-order valence-corrected chi connectivity index (χ2v) is 6.78. The van der Waals surface area contributed by atoms with E-state index in [0.29, 0.717) is 6.54 Å². The van der Waals surface area contributed by atoms with Crippen LogP contribution in [0.1, 0.15) is 15.9 Å². The molecule has 1 N–H and O–H groups in total. The van der Waals surface area contributed by atoms with Crippen LogP contribution in [0.4, 0.5) is 5.69 Å². The molecule has 1 heterocycles. The lowest BCUT2D eigenvalue weighted by Gasteiger charge is -2.19. The van der Waals surface area contributed by atoms with Crippen LogP contribution >= 0.6 is 0 Å². The first kappa shape index (κ1) is 12.9. The minimum Gasteiger partial charge on any atom is -0.478 e. The second-order valence-electron chi connectivity index (χ2n) is 4.52. The number of aromatic carboxylic acids is 1. The van der Waals surface area contributed by atoms with Crippen molar-refractivity contribution in [1.29, 1.82) is 0 Å². The lowest BCUT2D eigenvalue weighted by molar-refractivity contribution is 0.0697. The summed E-state index contributed by atoms with van der Waals surface area (Å²) in [4.78, 5) is 12.8. The third-order valence-electron chi connectivity index (χ3n) is 3.06. The fourth-order valence-electron chi connectivity index (χ4n) is 2.09. The van der Waals surface area contributed by atoms with Crippen molar-refractivity contribution in [3.05, 3.63) is 29.3 Å². The molecule has 0 radical (unpaired) electrons. The third-order valence-corrected chi connectivity index (χ3v) is 3.98. The molecule has 0 spiro atoms. The number of sulfone groups is 1. The zero-order valence-corrected chi connectivity index (χ0v) is 10.9. The molecule has 2 rings (SSSR count). The van der Waals surface area contributed by atoms with Crippen molar-refractivity contribution in [2.45, 2.75) is 6.42 Å². The van der Waals surface area contributed by atoms with Gasteiger partial charge in [0.1, 0.15) is 9.84 Å². The Labute approximate surface area is 106 Å². The van der Waals surface area contributed by atoms with Crippen LogP contribution in [0.3, 0.4) is 0 Å². The quantitative estimate of drug-likeness (QED) is 0.874. The van der Waals surface area contributed by atoms with E-state index in [4.69, 9.17) is 5.11 Å². The van der Waals surface area contributed by atoms with Gasteiger partial charge in [0.25, 0.3) is 0 Å². The summed E-state index contributed by atoms with van der Waals surface area (Å²) in [6.07, 6.45) is 2.04. The highest BCUT2D eigenvalue weighted by atomic mass is 32.2. The van der Waals surface area contributed by atoms with E-state index in [1.165, 1.54) is 6.26 Å². The minimum absolute atomic E-state index is 0.0870. The zero-order chi connectivity index (χ0) is 13.3. The summed E-state index contributed by atoms with van der Waals surface area (Å²) in [5.74, 6) is -0.878. The number of fused-ring (bicyclic) bond motifs is 1. The Hall–Kier alpha value is -1.56. The number of hydrogen-bond acceptors (Lipinski definition) is 4. The smallest absolute Gasteiger partial charge is 0.335 e. The van der Waals surface area contributed by atoms with Crippen LogP contribution in [0.25, 0.3) is 0 Å². The van der Waals surface area contributed by atoms with E-state index in [1.807, 2.05) is 4.90 Å². The molecule has 0 bridgehead atoms. The molecule has 1 aliphatic rings. The van der Waals surface area contributed by atoms with E-state index >= 15 is 0 Å². The second kappa shape index (κ2) is 4.61. The Morgan fingerprint density at radius 3 is 2.78 bits per heavy atom. The fourth-order valence-corrected chi connectivity index (χ4v) is 2.64. The van der Waals surface area contributed by atoms with Gasteiger partial charge in [-0.05, 0) is 24.1 Å². The van der Waals surface area contributed by atoms with Crippen molar-refractivity contribution in [2.24, 2.45) is 0 Å². The fraction of sp³-hybridized carbons (Fsp3) is 0.417. The maximum Gasteiger partial charge on any atom is 0.335 e. The van der Waals surface area contributed by atoms with Crippen LogP contribution < -0.4 is 4.90 Å². The molecule has 0 saturated heterocycles. The van der Waals surface area contributed by atoms with E-state index in [9.17, 15) is 13.2 Å². The molecule has 0 fully saturated rings. The van der Waals surface area contributed by atoms with E-state index < -0.39 is 15.8 Å². The highest BCUT2D eigenvalue weighted by molar-refractivity contribution is 7.90. The highest BCUT2D eigenvalue weighted by Gasteiger charge is 2.21. The van der Waals surface area contributed by atoms with Crippen LogP contribution in [0.15, 0.2) is 18.2 Å². The predicted octanol–water partition coefficient (Wildman–Crippen LogP) is 0.792. The number of carboxylic acid groups (broad SMARTS) is 1. The molecule has 1 aromatic rings. The average molecular weight is 269 g/mol. The lowest BCUT2D eigenvalue weighted by atomic mass is 10.1. The predicted molar refractivity (Wildman–Crippen MR) is 69.0 cm³/mol. The van der Waals surface area contributed by atoms with Gasteiger partial charge in [-0.15, -0.1) is 0 Å². The van der Waals surface area contributed by atoms with Crippen LogP contribution in [0.5, 0.6) is 0 Å². The molecule has 98 valence electrons. The first-order valence-electron chi connectivity index (χ1n) is 5.66. The third kappa shape index (κ3) is 2.81. The first-order valence-corrected chi connectivity index (χ1v) is 7.72. The molecule has 1 aromatic carbocycles. The standard InChI is InChI=1S/C12H15NO4S/c1-18(16,17)7-6-13-5-4-9-2-3-10(12(14)15)8-11(9)13/h2-3,8H,4-7H2,1H3,(H,14,15). The molecule has 0 saturated carbocycles. The van der Waals surface area contributed by atoms with E-state index in [-0.39, 0.29) is 11.3 Å². The van der Waals surface area contributed by atoms with Gasteiger partial charge in [0.15, 0.2) is 0 Å². The molecule has 18 heavy (non-hydrogen) atoms. The topological polar surface area (TPSA) is 74.7 Å². The molecule has 0 unspecified atom stereocenters. The van der Waals surface area contributed by atoms with E-state index in [0.717, 1.165) is 24.2 Å². The van der Waals surface area contributed by atoms with Crippen LogP contribution in [-0.4, -0.2) is 44.6 Å². The average Bonchev–Trinajstić information content (AvgIpc) is 2.67. The van der Waals surface area contributed by atoms with Crippen molar-refractivity contribution in [3.8, 4) is 0 Å². The molecular formula is C12H15NO4S. The van der Waals surface area contributed by atoms with Gasteiger partial charge in [-0.2, -0.15) is 0 Å². The van der Waals surface area contributed by atoms with Crippen LogP contribution in [0, 0.1) is 0 Å². The summed E-state index contributed by atoms with van der Waals surface area (Å²) in [6, 6.07) is 5.01. The molecule has 0 aliphatic carbocycles. The Balaban J connectivity index is 2.21. The molecule has 0 amide bonds. The van der Waals surface area contributed by atoms with Crippen molar-refractivity contribution in [1.82, 2.24) is 0 Å². The Bertz CT molecular complexity index is 580. The van der Waals surface area contributed by atoms with Gasteiger partial charge in [0.05, 0.1) is 11.3 Å². The molecule has 0 aromatic heterocycles. The summed E-state index contributed by atoms with van der Waals surface area (Å²) < 4.78 is 22.3. The van der Waals surface area contributed by atoms with Crippen molar-refractivity contribution >= 4 is 21.5 Å². The largest absolute Gasteiger partial charge is 0.478 e.